The highest BCUT2D eigenvalue weighted by molar-refractivity contribution is 7.44. The average molecular weight is 578 g/mol. The monoisotopic (exact) mass is 577 g/mol. The molecule has 14 heteroatoms. The van der Waals surface area contributed by atoms with Gasteiger partial charge >= 0.3 is 0 Å². The Kier molecular flexibility index (Phi) is 11.2. The molecule has 220 valence electrons. The van der Waals surface area contributed by atoms with E-state index in [1.807, 2.05) is 6.92 Å². The summed E-state index contributed by atoms with van der Waals surface area (Å²) in [5, 5.41) is 2.63. The number of aromatic nitrogens is 4. The van der Waals surface area contributed by atoms with Crippen LogP contribution < -0.4 is 10.9 Å². The molecule has 0 saturated carbocycles. The maximum absolute atomic E-state index is 12.7. The van der Waals surface area contributed by atoms with Crippen LogP contribution in [0.25, 0.3) is 16.0 Å². The van der Waals surface area contributed by atoms with Crippen LogP contribution in [0.3, 0.4) is 0 Å². The zero-order valence-electron chi connectivity index (χ0n) is 24.2. The Balaban J connectivity index is 1.88. The molecule has 2 aromatic rings. The van der Waals surface area contributed by atoms with Gasteiger partial charge in [0.15, 0.2) is 17.4 Å². The molecule has 1 fully saturated rings. The zero-order valence-corrected chi connectivity index (χ0v) is 25.1. The molecule has 1 aliphatic rings. The van der Waals surface area contributed by atoms with Crippen LogP contribution >= 0.6 is 8.53 Å². The molecule has 0 aromatic carbocycles. The van der Waals surface area contributed by atoms with E-state index in [1.54, 1.807) is 18.4 Å². The minimum atomic E-state index is -1.45. The van der Waals surface area contributed by atoms with Crippen LogP contribution in [0.5, 0.6) is 0 Å². The highest BCUT2D eigenvalue weighted by Crippen LogP contribution is 2.47. The average Bonchev–Trinajstić information content (AvgIpc) is 3.43. The summed E-state index contributed by atoms with van der Waals surface area (Å²) in [6.07, 6.45) is 1.24. The van der Waals surface area contributed by atoms with Gasteiger partial charge < -0.3 is 23.4 Å². The molecule has 1 unspecified atom stereocenters. The number of fused-ring (bicyclic) bond motifs is 1. The van der Waals surface area contributed by atoms with Gasteiger partial charge in [-0.25, -0.2) is 16.2 Å². The number of ether oxygens (including phenoxy) is 2. The molecule has 5 atom stereocenters. The van der Waals surface area contributed by atoms with E-state index >= 15 is 0 Å². The molecule has 0 spiro atoms. The van der Waals surface area contributed by atoms with E-state index in [4.69, 9.17) is 25.1 Å². The van der Waals surface area contributed by atoms with E-state index in [0.717, 1.165) is 0 Å². The summed E-state index contributed by atoms with van der Waals surface area (Å²) in [5.74, 6) is -0.700. The predicted molar refractivity (Wildman–Crippen MR) is 152 cm³/mol. The van der Waals surface area contributed by atoms with Gasteiger partial charge in [-0.3, -0.25) is 24.5 Å². The minimum absolute atomic E-state index is 0.0229. The topological polar surface area (TPSA) is 137 Å². The number of nitrogens with one attached hydrogen (secondary N) is 2. The molecule has 0 aliphatic carbocycles. The van der Waals surface area contributed by atoms with Crippen LogP contribution in [0.1, 0.15) is 54.7 Å². The molecule has 3 rings (SSSR count). The standard InChI is InChI=1S/C26H40N7O6P/c1-10-36-21-18(8)19(13-38-40(37-12-11-27-9)33(16(4)5)17(6)7)39-25(21)32-14-28-20-22(32)29-26(31-24(20)35)30-23(34)15(2)3/h10,14-19,21,25H,1,11-13H2,2-8H3,(H2,29,30,31,34,35)/t18-,19-,21-,25-,40?/m1/s1. The second-order valence-corrected chi connectivity index (χ2v) is 11.8. The third-order valence-electron chi connectivity index (χ3n) is 6.43. The molecular formula is C26H40N7O6P. The quantitative estimate of drug-likeness (QED) is 0.147. The van der Waals surface area contributed by atoms with Gasteiger partial charge in [-0.05, 0) is 27.7 Å². The lowest BCUT2D eigenvalue weighted by molar-refractivity contribution is -0.118. The van der Waals surface area contributed by atoms with Crippen LogP contribution in [0.15, 0.2) is 24.0 Å². The molecule has 0 bridgehead atoms. The van der Waals surface area contributed by atoms with Gasteiger partial charge in [0.2, 0.25) is 18.4 Å². The van der Waals surface area contributed by atoms with Gasteiger partial charge in [-0.1, -0.05) is 27.4 Å². The van der Waals surface area contributed by atoms with E-state index in [1.165, 1.54) is 12.6 Å². The van der Waals surface area contributed by atoms with Crippen LogP contribution in [0, 0.1) is 18.4 Å². The van der Waals surface area contributed by atoms with Crippen molar-refractivity contribution < 1.29 is 23.3 Å². The van der Waals surface area contributed by atoms with Crippen molar-refractivity contribution in [2.24, 2.45) is 11.8 Å². The summed E-state index contributed by atoms with van der Waals surface area (Å²) in [4.78, 5) is 39.6. The van der Waals surface area contributed by atoms with Crippen molar-refractivity contribution in [3.8, 4) is 0 Å². The van der Waals surface area contributed by atoms with E-state index in [-0.39, 0.29) is 66.7 Å². The van der Waals surface area contributed by atoms with Crippen molar-refractivity contribution in [1.29, 1.82) is 0 Å². The fourth-order valence-corrected chi connectivity index (χ4v) is 6.05. The number of imidazole rings is 1. The minimum Gasteiger partial charge on any atom is -0.494 e. The van der Waals surface area contributed by atoms with Gasteiger partial charge in [-0.15, -0.1) is 0 Å². The van der Waals surface area contributed by atoms with E-state index in [2.05, 4.69) is 64.1 Å². The van der Waals surface area contributed by atoms with Crippen LogP contribution in [-0.2, 0) is 23.3 Å². The maximum atomic E-state index is 12.7. The number of anilines is 1. The number of rotatable bonds is 14. The van der Waals surface area contributed by atoms with Gasteiger partial charge in [0, 0.05) is 23.9 Å². The van der Waals surface area contributed by atoms with Crippen molar-refractivity contribution in [1.82, 2.24) is 24.2 Å². The fraction of sp³-hybridized carbons (Fsp3) is 0.654. The first-order valence-electron chi connectivity index (χ1n) is 13.4. The van der Waals surface area contributed by atoms with Gasteiger partial charge in [0.25, 0.3) is 14.1 Å². The largest absolute Gasteiger partial charge is 0.494 e. The Morgan fingerprint density at radius 1 is 1.32 bits per heavy atom. The number of H-pyrrole nitrogens is 1. The highest BCUT2D eigenvalue weighted by atomic mass is 31.2. The SMILES string of the molecule is [C-]#[N+]CCOP(OC[C@H]1O[C@@H](n2cnc3c(=O)[nH]c(NC(=O)C(C)C)nc32)[C@H](OC=C)[C@@H]1C)N(C(C)C)C(C)C. The maximum Gasteiger partial charge on any atom is 0.280 e. The molecule has 3 heterocycles. The third kappa shape index (κ3) is 7.25. The second kappa shape index (κ2) is 14.1. The first-order valence-corrected chi connectivity index (χ1v) is 14.5. The Morgan fingerprint density at radius 3 is 2.62 bits per heavy atom. The van der Waals surface area contributed by atoms with Crippen LogP contribution in [0.2, 0.25) is 0 Å². The normalized spacial score (nSPS) is 21.9. The van der Waals surface area contributed by atoms with Gasteiger partial charge in [0.1, 0.15) is 12.7 Å². The molecular weight excluding hydrogens is 537 g/mol. The molecule has 1 aliphatic heterocycles. The predicted octanol–water partition coefficient (Wildman–Crippen LogP) is 4.07. The Bertz CT molecular complexity index is 1250. The first kappa shape index (κ1) is 31.6. The van der Waals surface area contributed by atoms with E-state index in [0.29, 0.717) is 0 Å². The molecule has 2 aromatic heterocycles. The van der Waals surface area contributed by atoms with E-state index in [9.17, 15) is 9.59 Å². The lowest BCUT2D eigenvalue weighted by Crippen LogP contribution is -2.35. The fourth-order valence-electron chi connectivity index (χ4n) is 4.45. The number of aromatic amines is 1. The first-order chi connectivity index (χ1) is 19.0. The highest BCUT2D eigenvalue weighted by Gasteiger charge is 2.45. The lowest BCUT2D eigenvalue weighted by Gasteiger charge is -2.35. The summed E-state index contributed by atoms with van der Waals surface area (Å²) in [7, 11) is -1.45. The molecule has 1 saturated heterocycles. The lowest BCUT2D eigenvalue weighted by atomic mass is 10.0. The zero-order chi connectivity index (χ0) is 29.6. The number of nitrogens with zero attached hydrogens (tertiary/aromatic N) is 5. The Morgan fingerprint density at radius 2 is 2.02 bits per heavy atom. The van der Waals surface area contributed by atoms with Gasteiger partial charge in [-0.2, -0.15) is 4.98 Å². The van der Waals surface area contributed by atoms with Crippen molar-refractivity contribution in [2.75, 3.05) is 25.1 Å². The summed E-state index contributed by atoms with van der Waals surface area (Å²) in [5.41, 5.74) is -0.133. The summed E-state index contributed by atoms with van der Waals surface area (Å²) >= 11 is 0. The second-order valence-electron chi connectivity index (χ2n) is 10.4. The van der Waals surface area contributed by atoms with E-state index < -0.39 is 32.5 Å². The van der Waals surface area contributed by atoms with Crippen molar-refractivity contribution in [2.45, 2.75) is 79.0 Å². The number of carbonyl (C=O) groups excluding carboxylic acids is 1. The number of hydrogen-bond donors (Lipinski definition) is 2. The molecule has 13 nitrogen and oxygen atoms in total. The number of amides is 1. The summed E-state index contributed by atoms with van der Waals surface area (Å²) < 4.78 is 28.5. The molecule has 40 heavy (non-hydrogen) atoms. The van der Waals surface area contributed by atoms with Crippen molar-refractivity contribution >= 4 is 31.5 Å². The number of hydrogen-bond acceptors (Lipinski definition) is 9. The van der Waals surface area contributed by atoms with Crippen molar-refractivity contribution in [3.63, 3.8) is 0 Å². The van der Waals surface area contributed by atoms with Crippen molar-refractivity contribution in [3.05, 3.63) is 40.9 Å². The third-order valence-corrected chi connectivity index (χ3v) is 8.50. The molecule has 0 radical (unpaired) electrons. The molecule has 1 amide bonds. The van der Waals surface area contributed by atoms with Crippen LogP contribution in [-0.4, -0.2) is 74.1 Å². The molecule has 2 N–H and O–H groups in total. The summed E-state index contributed by atoms with van der Waals surface area (Å²) in [6, 6.07) is 0.329. The van der Waals surface area contributed by atoms with Gasteiger partial charge in [0.05, 0.1) is 25.3 Å². The number of carbonyl (C=O) groups is 1. The smallest absolute Gasteiger partial charge is 0.280 e. The Hall–Kier alpha value is -2.88. The Labute approximate surface area is 236 Å². The van der Waals surface area contributed by atoms with Crippen LogP contribution in [0.4, 0.5) is 5.95 Å². The summed E-state index contributed by atoms with van der Waals surface area (Å²) in [6.45, 7) is 25.3.